The molecule has 0 unspecified atom stereocenters. The fraction of sp³-hybridized carbons (Fsp3) is 0.375. The van der Waals surface area contributed by atoms with Crippen molar-refractivity contribution < 1.29 is 9.76 Å². The maximum Gasteiger partial charge on any atom is 0.376 e. The molecule has 0 amide bonds. The second-order valence-corrected chi connectivity index (χ2v) is 8.13. The molecule has 1 aliphatic heterocycles. The van der Waals surface area contributed by atoms with Gasteiger partial charge in [0.05, 0.1) is 12.8 Å². The lowest BCUT2D eigenvalue weighted by Crippen LogP contribution is -2.41. The topological polar surface area (TPSA) is 45.6 Å². The summed E-state index contributed by atoms with van der Waals surface area (Å²) in [5.74, 6) is 0.933. The average molecular weight is 388 g/mol. The lowest BCUT2D eigenvalue weighted by Gasteiger charge is -2.31. The Morgan fingerprint density at radius 3 is 2.52 bits per heavy atom. The van der Waals surface area contributed by atoms with Gasteiger partial charge in [-0.3, -0.25) is 4.98 Å². The van der Waals surface area contributed by atoms with Crippen LogP contribution in [0, 0.1) is 6.92 Å². The molecule has 0 atom stereocenters. The van der Waals surface area contributed by atoms with E-state index >= 15 is 0 Å². The van der Waals surface area contributed by atoms with Gasteiger partial charge in [0, 0.05) is 17.3 Å². The van der Waals surface area contributed by atoms with Crippen molar-refractivity contribution in [3.8, 4) is 5.75 Å². The molecule has 5 heteroatoms. The molecule has 0 spiro atoms. The van der Waals surface area contributed by atoms with Crippen LogP contribution >= 0.6 is 0 Å². The molecular weight excluding hydrogens is 359 g/mol. The van der Waals surface area contributed by atoms with E-state index in [4.69, 9.17) is 9.72 Å². The van der Waals surface area contributed by atoms with Crippen molar-refractivity contribution >= 4 is 18.7 Å². The van der Waals surface area contributed by atoms with Gasteiger partial charge in [-0.15, -0.1) is 0 Å². The fourth-order valence-corrected chi connectivity index (χ4v) is 4.67. The van der Waals surface area contributed by atoms with Crippen molar-refractivity contribution in [2.75, 3.05) is 20.2 Å². The third kappa shape index (κ3) is 3.77. The van der Waals surface area contributed by atoms with Crippen LogP contribution in [0.1, 0.15) is 46.4 Å². The van der Waals surface area contributed by atoms with Crippen molar-refractivity contribution in [3.63, 3.8) is 0 Å². The molecule has 1 aliphatic carbocycles. The number of piperidine rings is 1. The molecule has 1 N–H and O–H groups in total. The van der Waals surface area contributed by atoms with Crippen LogP contribution in [0.5, 0.6) is 5.75 Å². The van der Waals surface area contributed by atoms with Crippen molar-refractivity contribution in [1.82, 2.24) is 9.79 Å². The normalized spacial score (nSPS) is 16.7. The Balaban J connectivity index is 1.93. The van der Waals surface area contributed by atoms with Gasteiger partial charge in [0.25, 0.3) is 0 Å². The SMILES string of the molecule is C=Cc1cnc2c(c1)CCc1cc(C)cc(OC)c1C2=C1CCN(B(C)O)CC1. The van der Waals surface area contributed by atoms with E-state index in [2.05, 4.69) is 36.5 Å². The Labute approximate surface area is 174 Å². The maximum absolute atomic E-state index is 9.97. The zero-order chi connectivity index (χ0) is 20.5. The van der Waals surface area contributed by atoms with E-state index in [-0.39, 0.29) is 0 Å². The molecule has 1 aromatic heterocycles. The van der Waals surface area contributed by atoms with E-state index in [9.17, 15) is 5.02 Å². The fourth-order valence-electron chi connectivity index (χ4n) is 4.67. The molecule has 1 saturated heterocycles. The van der Waals surface area contributed by atoms with E-state index in [0.717, 1.165) is 55.8 Å². The van der Waals surface area contributed by atoms with Gasteiger partial charge < -0.3 is 14.6 Å². The minimum Gasteiger partial charge on any atom is -0.496 e. The van der Waals surface area contributed by atoms with E-state index in [1.807, 2.05) is 19.1 Å². The third-order valence-electron chi connectivity index (χ3n) is 6.21. The molecule has 4 nitrogen and oxygen atoms in total. The number of methoxy groups -OCH3 is 1. The first-order chi connectivity index (χ1) is 14.0. The highest BCUT2D eigenvalue weighted by Crippen LogP contribution is 2.42. The first-order valence-electron chi connectivity index (χ1n) is 10.5. The van der Waals surface area contributed by atoms with Crippen molar-refractivity contribution in [2.45, 2.75) is 39.4 Å². The van der Waals surface area contributed by atoms with Gasteiger partial charge in [-0.25, -0.2) is 0 Å². The van der Waals surface area contributed by atoms with Crippen LogP contribution in [-0.4, -0.2) is 42.1 Å². The van der Waals surface area contributed by atoms with E-state index in [0.29, 0.717) is 0 Å². The summed E-state index contributed by atoms with van der Waals surface area (Å²) in [5, 5.41) is 9.97. The van der Waals surface area contributed by atoms with Crippen LogP contribution in [0.3, 0.4) is 0 Å². The number of nitrogens with zero attached hydrogens (tertiary/aromatic N) is 2. The number of pyridine rings is 1. The standard InChI is InChI=1S/C24H29BN2O2/c1-5-17-14-20-7-6-19-12-16(2)13-21(29-4)22(19)23(24(20)26-15-17)18-8-10-27(11-9-18)25(3)28/h5,12-15,28H,1,6-11H2,2-4H3. The number of hydrogen-bond acceptors (Lipinski definition) is 4. The highest BCUT2D eigenvalue weighted by atomic mass is 16.5. The van der Waals surface area contributed by atoms with Gasteiger partial charge in [-0.05, 0) is 86.9 Å². The molecule has 29 heavy (non-hydrogen) atoms. The molecule has 4 rings (SSSR count). The number of rotatable bonds is 3. The quantitative estimate of drug-likeness (QED) is 0.803. The summed E-state index contributed by atoms with van der Waals surface area (Å²) in [5.41, 5.74) is 9.83. The lowest BCUT2D eigenvalue weighted by molar-refractivity contribution is 0.345. The Morgan fingerprint density at radius 2 is 1.86 bits per heavy atom. The first kappa shape index (κ1) is 19.9. The second kappa shape index (κ2) is 8.17. The summed E-state index contributed by atoms with van der Waals surface area (Å²) in [7, 11) is 1.36. The highest BCUT2D eigenvalue weighted by Gasteiger charge is 2.29. The average Bonchev–Trinajstić information content (AvgIpc) is 2.89. The van der Waals surface area contributed by atoms with Crippen LogP contribution < -0.4 is 4.74 Å². The predicted molar refractivity (Wildman–Crippen MR) is 120 cm³/mol. The Hall–Kier alpha value is -2.37. The van der Waals surface area contributed by atoms with Gasteiger partial charge in [0.2, 0.25) is 0 Å². The van der Waals surface area contributed by atoms with Crippen LogP contribution in [0.25, 0.3) is 11.6 Å². The van der Waals surface area contributed by atoms with E-state index in [1.54, 1.807) is 7.11 Å². The Bertz CT molecular complexity index is 971. The molecule has 1 fully saturated rings. The summed E-state index contributed by atoms with van der Waals surface area (Å²) in [4.78, 5) is 7.04. The van der Waals surface area contributed by atoms with Gasteiger partial charge >= 0.3 is 7.05 Å². The van der Waals surface area contributed by atoms with E-state index in [1.165, 1.54) is 33.4 Å². The predicted octanol–water partition coefficient (Wildman–Crippen LogP) is 4.15. The van der Waals surface area contributed by atoms with Crippen molar-refractivity contribution in [3.05, 3.63) is 70.1 Å². The molecular formula is C24H29BN2O2. The Kier molecular flexibility index (Phi) is 5.62. The zero-order valence-electron chi connectivity index (χ0n) is 17.7. The van der Waals surface area contributed by atoms with Crippen molar-refractivity contribution in [1.29, 1.82) is 0 Å². The summed E-state index contributed by atoms with van der Waals surface area (Å²) in [6, 6.07) is 6.66. The van der Waals surface area contributed by atoms with Crippen molar-refractivity contribution in [2.24, 2.45) is 0 Å². The lowest BCUT2D eigenvalue weighted by atomic mass is 9.80. The Morgan fingerprint density at radius 1 is 1.14 bits per heavy atom. The molecule has 2 aliphatic rings. The molecule has 2 heterocycles. The number of ether oxygens (including phenoxy) is 1. The molecule has 150 valence electrons. The summed E-state index contributed by atoms with van der Waals surface area (Å²) in [6.45, 7) is 9.61. The van der Waals surface area contributed by atoms with Gasteiger partial charge in [0.1, 0.15) is 5.75 Å². The molecule has 0 bridgehead atoms. The maximum atomic E-state index is 9.97. The van der Waals surface area contributed by atoms with Crippen LogP contribution in [0.15, 0.2) is 36.5 Å². The van der Waals surface area contributed by atoms with Crippen LogP contribution in [0.2, 0.25) is 6.82 Å². The van der Waals surface area contributed by atoms with Crippen LogP contribution in [0.4, 0.5) is 0 Å². The van der Waals surface area contributed by atoms with Gasteiger partial charge in [-0.1, -0.05) is 24.3 Å². The first-order valence-corrected chi connectivity index (χ1v) is 10.5. The van der Waals surface area contributed by atoms with Crippen LogP contribution in [-0.2, 0) is 12.8 Å². The molecule has 1 aromatic carbocycles. The smallest absolute Gasteiger partial charge is 0.376 e. The number of aryl methyl sites for hydroxylation is 3. The van der Waals surface area contributed by atoms with Gasteiger partial charge in [0.15, 0.2) is 0 Å². The summed E-state index contributed by atoms with van der Waals surface area (Å²) < 4.78 is 5.86. The number of hydrogen-bond donors (Lipinski definition) is 1. The molecule has 2 aromatic rings. The highest BCUT2D eigenvalue weighted by molar-refractivity contribution is 6.45. The zero-order valence-corrected chi connectivity index (χ0v) is 17.7. The molecule has 0 radical (unpaired) electrons. The third-order valence-corrected chi connectivity index (χ3v) is 6.21. The number of fused-ring (bicyclic) bond motifs is 2. The summed E-state index contributed by atoms with van der Waals surface area (Å²) >= 11 is 0. The minimum absolute atomic E-state index is 0.402. The number of benzene rings is 1. The summed E-state index contributed by atoms with van der Waals surface area (Å²) in [6.07, 6.45) is 7.58. The monoisotopic (exact) mass is 388 g/mol. The second-order valence-electron chi connectivity index (χ2n) is 8.13. The largest absolute Gasteiger partial charge is 0.496 e. The minimum atomic E-state index is -0.402. The number of aromatic nitrogens is 1. The molecule has 0 saturated carbocycles. The van der Waals surface area contributed by atoms with E-state index < -0.39 is 7.05 Å². The van der Waals surface area contributed by atoms with Gasteiger partial charge in [-0.2, -0.15) is 0 Å².